The van der Waals surface area contributed by atoms with Crippen molar-refractivity contribution in [2.45, 2.75) is 25.9 Å². The van der Waals surface area contributed by atoms with Crippen molar-refractivity contribution in [3.05, 3.63) is 77.3 Å². The molecule has 0 amide bonds. The molecule has 6 heteroatoms. The van der Waals surface area contributed by atoms with Crippen molar-refractivity contribution in [3.63, 3.8) is 0 Å². The van der Waals surface area contributed by atoms with E-state index in [1.54, 1.807) is 36.4 Å². The summed E-state index contributed by atoms with van der Waals surface area (Å²) in [7, 11) is 2.73. The summed E-state index contributed by atoms with van der Waals surface area (Å²) < 4.78 is 28.5. The molecular formula is C23H23FO5. The van der Waals surface area contributed by atoms with E-state index in [0.29, 0.717) is 17.5 Å². The molecule has 0 unspecified atom stereocenters. The minimum absolute atomic E-state index is 0.0260. The minimum Gasteiger partial charge on any atom is -0.503 e. The lowest BCUT2D eigenvalue weighted by Crippen LogP contribution is -2.21. The summed E-state index contributed by atoms with van der Waals surface area (Å²) in [5.74, 6) is -1.13. The zero-order valence-corrected chi connectivity index (χ0v) is 16.4. The van der Waals surface area contributed by atoms with Gasteiger partial charge in [-0.1, -0.05) is 36.4 Å². The average Bonchev–Trinajstić information content (AvgIpc) is 3.52. The van der Waals surface area contributed by atoms with E-state index in [4.69, 9.17) is 14.2 Å². The van der Waals surface area contributed by atoms with Crippen LogP contribution < -0.4 is 0 Å². The molecule has 5 nitrogen and oxygen atoms in total. The van der Waals surface area contributed by atoms with Crippen molar-refractivity contribution in [2.75, 3.05) is 14.2 Å². The highest BCUT2D eigenvalue weighted by atomic mass is 19.1. The van der Waals surface area contributed by atoms with Gasteiger partial charge in [-0.2, -0.15) is 0 Å². The Morgan fingerprint density at radius 3 is 2.38 bits per heavy atom. The molecule has 1 aliphatic carbocycles. The van der Waals surface area contributed by atoms with E-state index in [9.17, 15) is 14.0 Å². The van der Waals surface area contributed by atoms with Crippen molar-refractivity contribution in [2.24, 2.45) is 5.41 Å². The molecule has 2 aromatic rings. The van der Waals surface area contributed by atoms with E-state index in [-0.39, 0.29) is 24.0 Å². The standard InChI is InChI=1S/C23H23FO5/c1-27-15-20(21(25)28-2)19-6-4-3-5-17(19)14-29-22(26)23(11-12-23)13-16-7-9-18(24)10-8-16/h3-10,15H,11-14H2,1-2H3. The predicted octanol–water partition coefficient (Wildman–Crippen LogP) is 4.05. The SMILES string of the molecule is COC=C(C(=O)OC)c1ccccc1COC(=O)C1(Cc2ccc(F)cc2)CC1. The Bertz CT molecular complexity index is 913. The lowest BCUT2D eigenvalue weighted by Gasteiger charge is -2.16. The van der Waals surface area contributed by atoms with Gasteiger partial charge in [0.1, 0.15) is 18.0 Å². The van der Waals surface area contributed by atoms with Crippen molar-refractivity contribution in [1.29, 1.82) is 0 Å². The molecule has 0 radical (unpaired) electrons. The van der Waals surface area contributed by atoms with Crippen LogP contribution in [-0.4, -0.2) is 26.2 Å². The highest BCUT2D eigenvalue weighted by Gasteiger charge is 2.51. The Balaban J connectivity index is 1.71. The molecule has 0 heterocycles. The number of halogens is 1. The molecule has 0 spiro atoms. The van der Waals surface area contributed by atoms with Gasteiger partial charge in [0.05, 0.1) is 25.9 Å². The van der Waals surface area contributed by atoms with E-state index in [1.807, 2.05) is 0 Å². The van der Waals surface area contributed by atoms with Crippen molar-refractivity contribution in [3.8, 4) is 0 Å². The smallest absolute Gasteiger partial charge is 0.341 e. The fraction of sp³-hybridized carbons (Fsp3) is 0.304. The molecule has 152 valence electrons. The molecule has 0 bridgehead atoms. The fourth-order valence-corrected chi connectivity index (χ4v) is 3.25. The molecular weight excluding hydrogens is 375 g/mol. The summed E-state index contributed by atoms with van der Waals surface area (Å²) >= 11 is 0. The van der Waals surface area contributed by atoms with Crippen LogP contribution in [0.15, 0.2) is 54.8 Å². The van der Waals surface area contributed by atoms with Gasteiger partial charge in [0.2, 0.25) is 0 Å². The van der Waals surface area contributed by atoms with Crippen LogP contribution in [0.4, 0.5) is 4.39 Å². The van der Waals surface area contributed by atoms with Gasteiger partial charge in [-0.3, -0.25) is 4.79 Å². The monoisotopic (exact) mass is 398 g/mol. The Morgan fingerprint density at radius 2 is 1.76 bits per heavy atom. The van der Waals surface area contributed by atoms with Gasteiger partial charge in [-0.25, -0.2) is 9.18 Å². The van der Waals surface area contributed by atoms with Crippen LogP contribution in [0.5, 0.6) is 0 Å². The van der Waals surface area contributed by atoms with E-state index in [0.717, 1.165) is 18.4 Å². The number of ether oxygens (including phenoxy) is 3. The van der Waals surface area contributed by atoms with Gasteiger partial charge in [0.25, 0.3) is 0 Å². The fourth-order valence-electron chi connectivity index (χ4n) is 3.25. The quantitative estimate of drug-likeness (QED) is 0.381. The van der Waals surface area contributed by atoms with Gasteiger partial charge < -0.3 is 14.2 Å². The minimum atomic E-state index is -0.555. The first kappa shape index (κ1) is 20.6. The summed E-state index contributed by atoms with van der Waals surface area (Å²) in [5, 5.41) is 0. The molecule has 0 saturated heterocycles. The first-order valence-electron chi connectivity index (χ1n) is 9.30. The maximum atomic E-state index is 13.1. The normalized spacial score (nSPS) is 14.8. The zero-order valence-electron chi connectivity index (χ0n) is 16.4. The van der Waals surface area contributed by atoms with Gasteiger partial charge in [0.15, 0.2) is 0 Å². The number of hydrogen-bond donors (Lipinski definition) is 0. The number of methoxy groups -OCH3 is 2. The lowest BCUT2D eigenvalue weighted by molar-refractivity contribution is -0.151. The Kier molecular flexibility index (Phi) is 6.32. The Labute approximate surface area is 169 Å². The highest BCUT2D eigenvalue weighted by Crippen LogP contribution is 2.49. The molecule has 3 rings (SSSR count). The van der Waals surface area contributed by atoms with Crippen LogP contribution in [0, 0.1) is 11.2 Å². The topological polar surface area (TPSA) is 61.8 Å². The van der Waals surface area contributed by atoms with Crippen molar-refractivity contribution in [1.82, 2.24) is 0 Å². The van der Waals surface area contributed by atoms with E-state index in [1.165, 1.54) is 32.6 Å². The maximum Gasteiger partial charge on any atom is 0.341 e. The van der Waals surface area contributed by atoms with Crippen LogP contribution in [0.1, 0.15) is 29.5 Å². The van der Waals surface area contributed by atoms with Crippen LogP contribution >= 0.6 is 0 Å². The van der Waals surface area contributed by atoms with Gasteiger partial charge in [-0.15, -0.1) is 0 Å². The Morgan fingerprint density at radius 1 is 1.07 bits per heavy atom. The number of esters is 2. The third kappa shape index (κ3) is 4.83. The summed E-state index contributed by atoms with van der Waals surface area (Å²) in [6.45, 7) is 0.0260. The van der Waals surface area contributed by atoms with Gasteiger partial charge in [-0.05, 0) is 48.1 Å². The largest absolute Gasteiger partial charge is 0.503 e. The van der Waals surface area contributed by atoms with E-state index >= 15 is 0 Å². The molecule has 0 N–H and O–H groups in total. The maximum absolute atomic E-state index is 13.1. The summed E-state index contributed by atoms with van der Waals surface area (Å²) in [5.41, 5.74) is 1.84. The summed E-state index contributed by atoms with van der Waals surface area (Å²) in [6.07, 6.45) is 3.30. The Hall–Kier alpha value is -3.15. The molecule has 0 aromatic heterocycles. The number of benzene rings is 2. The second kappa shape index (κ2) is 8.90. The molecule has 0 atom stereocenters. The number of hydrogen-bond acceptors (Lipinski definition) is 5. The molecule has 1 saturated carbocycles. The number of carbonyl (C=O) groups is 2. The predicted molar refractivity (Wildman–Crippen MR) is 105 cm³/mol. The van der Waals surface area contributed by atoms with Gasteiger partial charge >= 0.3 is 11.9 Å². The van der Waals surface area contributed by atoms with Crippen molar-refractivity contribution >= 4 is 17.5 Å². The van der Waals surface area contributed by atoms with E-state index < -0.39 is 11.4 Å². The number of rotatable bonds is 8. The molecule has 2 aromatic carbocycles. The molecule has 1 aliphatic rings. The second-order valence-electron chi connectivity index (χ2n) is 7.08. The van der Waals surface area contributed by atoms with Crippen LogP contribution in [0.25, 0.3) is 5.57 Å². The molecule has 1 fully saturated rings. The lowest BCUT2D eigenvalue weighted by atomic mass is 9.96. The van der Waals surface area contributed by atoms with Gasteiger partial charge in [0, 0.05) is 0 Å². The number of carbonyl (C=O) groups excluding carboxylic acids is 2. The van der Waals surface area contributed by atoms with Crippen molar-refractivity contribution < 1.29 is 28.2 Å². The van der Waals surface area contributed by atoms with Crippen LogP contribution in [0.2, 0.25) is 0 Å². The second-order valence-corrected chi connectivity index (χ2v) is 7.08. The average molecular weight is 398 g/mol. The first-order valence-corrected chi connectivity index (χ1v) is 9.30. The van der Waals surface area contributed by atoms with Crippen LogP contribution in [0.3, 0.4) is 0 Å². The molecule has 0 aliphatic heterocycles. The summed E-state index contributed by atoms with van der Waals surface area (Å²) in [4.78, 5) is 24.8. The highest BCUT2D eigenvalue weighted by molar-refractivity contribution is 6.16. The third-order valence-electron chi connectivity index (χ3n) is 5.05. The summed E-state index contributed by atoms with van der Waals surface area (Å²) in [6, 6.07) is 13.3. The van der Waals surface area contributed by atoms with E-state index in [2.05, 4.69) is 0 Å². The van der Waals surface area contributed by atoms with Crippen LogP contribution in [-0.2, 0) is 36.8 Å². The zero-order chi connectivity index (χ0) is 20.9. The third-order valence-corrected chi connectivity index (χ3v) is 5.05. The molecule has 29 heavy (non-hydrogen) atoms. The first-order chi connectivity index (χ1) is 14.0.